The Hall–Kier alpha value is -1.37. The van der Waals surface area contributed by atoms with E-state index in [-0.39, 0.29) is 10.7 Å². The lowest BCUT2D eigenvalue weighted by Crippen LogP contribution is -2.31. The summed E-state index contributed by atoms with van der Waals surface area (Å²) in [5.74, 6) is 0.399. The highest BCUT2D eigenvalue weighted by atomic mass is 32.2. The molecule has 23 heavy (non-hydrogen) atoms. The Morgan fingerprint density at radius 3 is 2.70 bits per heavy atom. The predicted molar refractivity (Wildman–Crippen MR) is 90.7 cm³/mol. The fourth-order valence-corrected chi connectivity index (χ4v) is 5.12. The third-order valence-corrected chi connectivity index (χ3v) is 6.74. The number of nitrogens with one attached hydrogen (secondary N) is 1. The molecule has 3 rings (SSSR count). The smallest absolute Gasteiger partial charge is 0.207 e. The van der Waals surface area contributed by atoms with Gasteiger partial charge in [-0.3, -0.25) is 0 Å². The van der Waals surface area contributed by atoms with Gasteiger partial charge in [0.05, 0.1) is 4.90 Å². The molecule has 0 radical (unpaired) electrons. The molecule has 1 N–H and O–H groups in total. The van der Waals surface area contributed by atoms with Crippen LogP contribution in [0, 0.1) is 19.7 Å². The molecular weight excluding hydrogens is 333 g/mol. The summed E-state index contributed by atoms with van der Waals surface area (Å²) >= 11 is 1.44. The molecule has 122 valence electrons. The summed E-state index contributed by atoms with van der Waals surface area (Å²) in [5.41, 5.74) is 2.69. The number of aryl methyl sites for hydroxylation is 2. The third-order valence-electron chi connectivity index (χ3n) is 4.11. The van der Waals surface area contributed by atoms with Crippen LogP contribution in [0.2, 0.25) is 0 Å². The molecule has 0 amide bonds. The van der Waals surface area contributed by atoms with Crippen molar-refractivity contribution in [3.05, 3.63) is 58.9 Å². The van der Waals surface area contributed by atoms with Gasteiger partial charge in [-0.1, -0.05) is 18.2 Å². The minimum Gasteiger partial charge on any atom is -0.207 e. The number of halogens is 1. The number of benzene rings is 2. The van der Waals surface area contributed by atoms with E-state index < -0.39 is 16.1 Å². The first-order valence-electron chi connectivity index (χ1n) is 7.39. The molecule has 1 atom stereocenters. The van der Waals surface area contributed by atoms with Gasteiger partial charge in [-0.25, -0.2) is 17.5 Å². The first-order valence-corrected chi connectivity index (χ1v) is 9.86. The normalized spacial score (nSPS) is 17.8. The van der Waals surface area contributed by atoms with Crippen LogP contribution in [0.3, 0.4) is 0 Å². The number of rotatable bonds is 3. The van der Waals surface area contributed by atoms with Crippen molar-refractivity contribution in [2.45, 2.75) is 36.1 Å². The summed E-state index contributed by atoms with van der Waals surface area (Å²) in [6, 6.07) is 9.50. The van der Waals surface area contributed by atoms with Crippen LogP contribution in [0.25, 0.3) is 0 Å². The number of thioether (sulfide) groups is 1. The van der Waals surface area contributed by atoms with Crippen molar-refractivity contribution in [2.24, 2.45) is 0 Å². The maximum atomic E-state index is 13.9. The number of hydrogen-bond donors (Lipinski definition) is 1. The highest BCUT2D eigenvalue weighted by molar-refractivity contribution is 7.99. The zero-order chi connectivity index (χ0) is 16.6. The Bertz CT molecular complexity index is 850. The van der Waals surface area contributed by atoms with Gasteiger partial charge >= 0.3 is 0 Å². The Morgan fingerprint density at radius 1 is 1.17 bits per heavy atom. The van der Waals surface area contributed by atoms with E-state index in [0.29, 0.717) is 22.6 Å². The third kappa shape index (κ3) is 3.29. The molecule has 0 aliphatic carbocycles. The molecule has 2 aromatic rings. The molecule has 3 nitrogen and oxygen atoms in total. The molecule has 2 aromatic carbocycles. The minimum atomic E-state index is -3.64. The van der Waals surface area contributed by atoms with E-state index in [1.165, 1.54) is 17.8 Å². The summed E-state index contributed by atoms with van der Waals surface area (Å²) in [5, 5.41) is 0. The summed E-state index contributed by atoms with van der Waals surface area (Å²) in [6.45, 7) is 3.83. The highest BCUT2D eigenvalue weighted by Gasteiger charge is 2.27. The second-order valence-corrected chi connectivity index (χ2v) is 8.53. The van der Waals surface area contributed by atoms with Crippen LogP contribution in [-0.2, 0) is 10.0 Å². The second-order valence-electron chi connectivity index (χ2n) is 5.72. The molecule has 0 saturated carbocycles. The maximum absolute atomic E-state index is 13.9. The Kier molecular flexibility index (Phi) is 4.49. The predicted octanol–water partition coefficient (Wildman–Crippen LogP) is 3.96. The lowest BCUT2D eigenvalue weighted by Gasteiger charge is -2.26. The van der Waals surface area contributed by atoms with Crippen molar-refractivity contribution >= 4 is 21.8 Å². The second kappa shape index (κ2) is 6.26. The van der Waals surface area contributed by atoms with E-state index in [9.17, 15) is 12.8 Å². The summed E-state index contributed by atoms with van der Waals surface area (Å²) in [7, 11) is -3.64. The standard InChI is InChI=1S/C17H18FNO2S2/c1-11-6-7-13(10-12(11)2)23(20,21)19-16-8-9-22-17-14(16)4-3-5-15(17)18/h3-7,10,16,19H,8-9H2,1-2H3/t16-/m0/s1. The van der Waals surface area contributed by atoms with Crippen LogP contribution in [-0.4, -0.2) is 14.2 Å². The Morgan fingerprint density at radius 2 is 1.96 bits per heavy atom. The average molecular weight is 351 g/mol. The van der Waals surface area contributed by atoms with Gasteiger partial charge in [0.25, 0.3) is 0 Å². The minimum absolute atomic E-state index is 0.247. The quantitative estimate of drug-likeness (QED) is 0.910. The van der Waals surface area contributed by atoms with Gasteiger partial charge in [0.1, 0.15) is 5.82 Å². The molecular formula is C17H18FNO2S2. The molecule has 0 spiro atoms. The van der Waals surface area contributed by atoms with Gasteiger partial charge in [-0.15, -0.1) is 11.8 Å². The molecule has 1 aliphatic rings. The van der Waals surface area contributed by atoms with Crippen LogP contribution >= 0.6 is 11.8 Å². The molecule has 0 aromatic heterocycles. The van der Waals surface area contributed by atoms with Gasteiger partial charge in [0.2, 0.25) is 10.0 Å². The Labute approximate surface area is 140 Å². The van der Waals surface area contributed by atoms with Gasteiger partial charge in [0.15, 0.2) is 0 Å². The maximum Gasteiger partial charge on any atom is 0.241 e. The first-order chi connectivity index (χ1) is 10.9. The van der Waals surface area contributed by atoms with E-state index in [1.54, 1.807) is 30.3 Å². The lowest BCUT2D eigenvalue weighted by molar-refractivity contribution is 0.533. The first kappa shape index (κ1) is 16.5. The molecule has 0 unspecified atom stereocenters. The van der Waals surface area contributed by atoms with Crippen molar-refractivity contribution in [1.82, 2.24) is 4.72 Å². The van der Waals surface area contributed by atoms with E-state index >= 15 is 0 Å². The van der Waals surface area contributed by atoms with Crippen LogP contribution in [0.5, 0.6) is 0 Å². The van der Waals surface area contributed by atoms with Crippen molar-refractivity contribution in [1.29, 1.82) is 0 Å². The summed E-state index contributed by atoms with van der Waals surface area (Å²) in [4.78, 5) is 0.795. The molecule has 0 fully saturated rings. The van der Waals surface area contributed by atoms with Crippen molar-refractivity contribution < 1.29 is 12.8 Å². The number of sulfonamides is 1. The van der Waals surface area contributed by atoms with Crippen molar-refractivity contribution in [2.75, 3.05) is 5.75 Å². The van der Waals surface area contributed by atoms with Crippen LogP contribution < -0.4 is 4.72 Å². The summed E-state index contributed by atoms with van der Waals surface area (Å²) in [6.07, 6.45) is 0.644. The lowest BCUT2D eigenvalue weighted by atomic mass is 10.0. The van der Waals surface area contributed by atoms with Gasteiger partial charge in [-0.05, 0) is 60.9 Å². The van der Waals surface area contributed by atoms with Crippen molar-refractivity contribution in [3.63, 3.8) is 0 Å². The number of hydrogen-bond acceptors (Lipinski definition) is 3. The van der Waals surface area contributed by atoms with Crippen LogP contribution in [0.1, 0.15) is 29.2 Å². The summed E-state index contributed by atoms with van der Waals surface area (Å²) < 4.78 is 41.9. The van der Waals surface area contributed by atoms with E-state index in [1.807, 2.05) is 13.8 Å². The number of fused-ring (bicyclic) bond motifs is 1. The fraction of sp³-hybridized carbons (Fsp3) is 0.294. The van der Waals surface area contributed by atoms with Crippen LogP contribution in [0.15, 0.2) is 46.2 Å². The molecule has 0 bridgehead atoms. The SMILES string of the molecule is Cc1ccc(S(=O)(=O)N[C@H]2CCSc3c(F)cccc32)cc1C. The fourth-order valence-electron chi connectivity index (χ4n) is 2.65. The van der Waals surface area contributed by atoms with Gasteiger partial charge < -0.3 is 0 Å². The molecule has 6 heteroatoms. The average Bonchev–Trinajstić information content (AvgIpc) is 2.51. The zero-order valence-corrected chi connectivity index (χ0v) is 14.6. The van der Waals surface area contributed by atoms with Crippen molar-refractivity contribution in [3.8, 4) is 0 Å². The van der Waals surface area contributed by atoms with E-state index in [0.717, 1.165) is 11.1 Å². The van der Waals surface area contributed by atoms with Gasteiger partial charge in [0, 0.05) is 10.9 Å². The molecule has 0 saturated heterocycles. The van der Waals surface area contributed by atoms with Gasteiger partial charge in [-0.2, -0.15) is 0 Å². The monoisotopic (exact) mass is 351 g/mol. The molecule has 1 heterocycles. The largest absolute Gasteiger partial charge is 0.241 e. The van der Waals surface area contributed by atoms with E-state index in [2.05, 4.69) is 4.72 Å². The zero-order valence-electron chi connectivity index (χ0n) is 13.0. The topological polar surface area (TPSA) is 46.2 Å². The highest BCUT2D eigenvalue weighted by Crippen LogP contribution is 2.38. The molecule has 1 aliphatic heterocycles. The van der Waals surface area contributed by atoms with E-state index in [4.69, 9.17) is 0 Å². The Balaban J connectivity index is 1.93. The van der Waals surface area contributed by atoms with Crippen LogP contribution in [0.4, 0.5) is 4.39 Å².